The lowest BCUT2D eigenvalue weighted by Gasteiger charge is -2.21. The maximum atomic E-state index is 11.1. The first kappa shape index (κ1) is 15.5. The summed E-state index contributed by atoms with van der Waals surface area (Å²) in [6.45, 7) is 5.48. The summed E-state index contributed by atoms with van der Waals surface area (Å²) in [4.78, 5) is 11.1. The molecule has 1 N–H and O–H groups in total. The maximum Gasteiger partial charge on any atom is 0.308 e. The lowest BCUT2D eigenvalue weighted by molar-refractivity contribution is -0.142. The number of carbonyl (C=O) groups is 1. The fourth-order valence-corrected chi connectivity index (χ4v) is 1.62. The van der Waals surface area contributed by atoms with E-state index in [1.807, 2.05) is 6.92 Å². The summed E-state index contributed by atoms with van der Waals surface area (Å²) in [6.07, 6.45) is 1.33. The van der Waals surface area contributed by atoms with Crippen LogP contribution in [0.15, 0.2) is 12.7 Å². The number of hydrogen-bond donors (Lipinski definition) is 1. The van der Waals surface area contributed by atoms with Crippen molar-refractivity contribution in [1.82, 2.24) is 0 Å². The predicted molar refractivity (Wildman–Crippen MR) is 67.6 cm³/mol. The molecule has 4 nitrogen and oxygen atoms in total. The number of methoxy groups -OCH3 is 1. The summed E-state index contributed by atoms with van der Waals surface area (Å²) >= 11 is 1.18. The van der Waals surface area contributed by atoms with Crippen LogP contribution in [0.4, 0.5) is 0 Å². The lowest BCUT2D eigenvalue weighted by atomic mass is 9.98. The van der Waals surface area contributed by atoms with E-state index in [-0.39, 0.29) is 24.4 Å². The molecule has 16 heavy (non-hydrogen) atoms. The normalized spacial score (nSPS) is 16.2. The molecule has 0 spiro atoms. The van der Waals surface area contributed by atoms with E-state index in [0.717, 1.165) is 0 Å². The van der Waals surface area contributed by atoms with Crippen molar-refractivity contribution in [2.45, 2.75) is 32.0 Å². The number of carbonyl (C=O) groups excluding carboxylic acids is 1. The number of hydrogen-bond acceptors (Lipinski definition) is 5. The van der Waals surface area contributed by atoms with Gasteiger partial charge in [-0.15, -0.1) is 6.58 Å². The molecule has 0 aromatic carbocycles. The molecule has 0 fully saturated rings. The highest BCUT2D eigenvalue weighted by atomic mass is 32.2. The predicted octanol–water partition coefficient (Wildman–Crippen LogP) is 0.704. The average molecular weight is 246 g/mol. The summed E-state index contributed by atoms with van der Waals surface area (Å²) in [5.41, 5.74) is 0. The lowest BCUT2D eigenvalue weighted by Crippen LogP contribution is -2.26. The number of aliphatic hydroxyl groups excluding tert-OH is 1. The Labute approximate surface area is 102 Å². The van der Waals surface area contributed by atoms with E-state index in [9.17, 15) is 9.90 Å². The first-order chi connectivity index (χ1) is 7.54. The highest BCUT2D eigenvalue weighted by molar-refractivity contribution is 8.15. The van der Waals surface area contributed by atoms with Crippen LogP contribution in [0.2, 0.25) is 0 Å². The molecule has 0 aliphatic carbocycles. The van der Waals surface area contributed by atoms with Crippen molar-refractivity contribution < 1.29 is 18.8 Å². The van der Waals surface area contributed by atoms with Crippen molar-refractivity contribution in [3.63, 3.8) is 0 Å². The molecule has 0 aromatic heterocycles. The Kier molecular flexibility index (Phi) is 8.42. The van der Waals surface area contributed by atoms with Crippen LogP contribution in [-0.2, 0) is 13.7 Å². The van der Waals surface area contributed by atoms with E-state index in [2.05, 4.69) is 11.3 Å². The third-order valence-corrected chi connectivity index (χ3v) is 2.80. The zero-order chi connectivity index (χ0) is 12.6. The van der Waals surface area contributed by atoms with E-state index < -0.39 is 6.10 Å². The fraction of sp³-hybridized carbons (Fsp3) is 0.700. The number of esters is 1. The number of ether oxygens (including phenoxy) is 1. The van der Waals surface area contributed by atoms with Crippen molar-refractivity contribution in [3.8, 4) is 0 Å². The zero-order valence-corrected chi connectivity index (χ0v) is 10.8. The van der Waals surface area contributed by atoms with E-state index in [0.29, 0.717) is 6.42 Å². The Morgan fingerprint density at radius 3 is 2.75 bits per heavy atom. The van der Waals surface area contributed by atoms with Crippen molar-refractivity contribution in [2.75, 3.05) is 7.11 Å². The topological polar surface area (TPSA) is 55.8 Å². The molecule has 6 heteroatoms. The highest BCUT2D eigenvalue weighted by Crippen LogP contribution is 2.18. The first-order valence-corrected chi connectivity index (χ1v) is 6.27. The molecule has 0 amide bonds. The molecule has 92 valence electrons. The molecule has 0 unspecified atom stereocenters. The number of aliphatic hydroxyl groups is 1. The van der Waals surface area contributed by atoms with Gasteiger partial charge in [0.2, 0.25) is 7.12 Å². The van der Waals surface area contributed by atoms with Crippen molar-refractivity contribution in [2.24, 2.45) is 5.92 Å². The van der Waals surface area contributed by atoms with Gasteiger partial charge in [-0.25, -0.2) is 0 Å². The van der Waals surface area contributed by atoms with E-state index >= 15 is 0 Å². The number of rotatable bonds is 8. The maximum absolute atomic E-state index is 11.1. The smallest absolute Gasteiger partial charge is 0.308 e. The molecule has 3 atom stereocenters. The molecule has 0 radical (unpaired) electrons. The van der Waals surface area contributed by atoms with Crippen LogP contribution in [0, 0.1) is 5.92 Å². The minimum Gasteiger partial charge on any atom is -0.469 e. The molecule has 0 saturated heterocycles. The Bertz CT molecular complexity index is 225. The third kappa shape index (κ3) is 6.20. The van der Waals surface area contributed by atoms with E-state index in [1.165, 1.54) is 19.0 Å². The zero-order valence-electron chi connectivity index (χ0n) is 10.0. The van der Waals surface area contributed by atoms with Gasteiger partial charge in [-0.3, -0.25) is 4.79 Å². The van der Waals surface area contributed by atoms with Gasteiger partial charge in [-0.05, 0) is 5.92 Å². The Morgan fingerprint density at radius 2 is 2.31 bits per heavy atom. The fourth-order valence-electron chi connectivity index (χ4n) is 1.20. The van der Waals surface area contributed by atoms with Crippen LogP contribution < -0.4 is 0 Å². The van der Waals surface area contributed by atoms with Gasteiger partial charge in [0.05, 0.1) is 25.7 Å². The molecule has 0 aliphatic heterocycles. The first-order valence-electron chi connectivity index (χ1n) is 5.12. The van der Waals surface area contributed by atoms with Crippen LogP contribution in [0.1, 0.15) is 19.8 Å². The van der Waals surface area contributed by atoms with Crippen LogP contribution >= 0.6 is 11.9 Å². The molecule has 0 aliphatic rings. The summed E-state index contributed by atoms with van der Waals surface area (Å²) in [6, 6.07) is 0. The van der Waals surface area contributed by atoms with Crippen LogP contribution in [-0.4, -0.2) is 37.5 Å². The van der Waals surface area contributed by atoms with Gasteiger partial charge in [0.15, 0.2) is 0 Å². The van der Waals surface area contributed by atoms with Gasteiger partial charge in [0, 0.05) is 6.42 Å². The molecular weight excluding hydrogens is 227 g/mol. The van der Waals surface area contributed by atoms with Gasteiger partial charge in [0.25, 0.3) is 0 Å². The second-order valence-electron chi connectivity index (χ2n) is 3.56. The summed E-state index contributed by atoms with van der Waals surface area (Å²) in [5, 5.41) is 9.79. The molecule has 0 rings (SSSR count). The Hall–Kier alpha value is -0.455. The molecule has 0 aromatic rings. The second-order valence-corrected chi connectivity index (χ2v) is 4.09. The van der Waals surface area contributed by atoms with Gasteiger partial charge >= 0.3 is 5.97 Å². The monoisotopic (exact) mass is 246 g/mol. The van der Waals surface area contributed by atoms with Crippen molar-refractivity contribution in [3.05, 3.63) is 12.7 Å². The Balaban J connectivity index is 4.20. The standard InChI is InChI=1S/C10H19BO4S/c1-4-7(2)9(12)5-8(15-16-11)6-10(13)14-3/h4,7-9,12H,1,5-6,11H2,2-3H3/t7-,8-,9-/m0/s1. The van der Waals surface area contributed by atoms with Crippen molar-refractivity contribution >= 4 is 25.0 Å². The summed E-state index contributed by atoms with van der Waals surface area (Å²) < 4.78 is 9.87. The minimum absolute atomic E-state index is 0.0226. The Morgan fingerprint density at radius 1 is 1.69 bits per heavy atom. The second kappa shape index (κ2) is 8.67. The quantitative estimate of drug-likeness (QED) is 0.296. The summed E-state index contributed by atoms with van der Waals surface area (Å²) in [5.74, 6) is -0.358. The van der Waals surface area contributed by atoms with Gasteiger partial charge in [-0.2, -0.15) is 0 Å². The summed E-state index contributed by atoms with van der Waals surface area (Å²) in [7, 11) is 3.11. The molecule has 0 heterocycles. The van der Waals surface area contributed by atoms with E-state index in [1.54, 1.807) is 13.2 Å². The highest BCUT2D eigenvalue weighted by Gasteiger charge is 2.21. The van der Waals surface area contributed by atoms with Gasteiger partial charge in [-0.1, -0.05) is 24.9 Å². The van der Waals surface area contributed by atoms with Gasteiger partial charge < -0.3 is 14.0 Å². The van der Waals surface area contributed by atoms with Crippen LogP contribution in [0.3, 0.4) is 0 Å². The van der Waals surface area contributed by atoms with Crippen LogP contribution in [0.5, 0.6) is 0 Å². The van der Waals surface area contributed by atoms with Gasteiger partial charge in [0.1, 0.15) is 0 Å². The van der Waals surface area contributed by atoms with E-state index in [4.69, 9.17) is 4.18 Å². The molecule has 0 bridgehead atoms. The average Bonchev–Trinajstić information content (AvgIpc) is 2.27. The SMILES string of the molecule is BSO[C@H](CC(=O)OC)C[C@H](O)[C@@H](C)C=C. The molecule has 0 saturated carbocycles. The van der Waals surface area contributed by atoms with Crippen LogP contribution in [0.25, 0.3) is 0 Å². The van der Waals surface area contributed by atoms with Crippen molar-refractivity contribution in [1.29, 1.82) is 0 Å². The minimum atomic E-state index is -0.556. The molecular formula is C10H19BO4S. The third-order valence-electron chi connectivity index (χ3n) is 2.34. The largest absolute Gasteiger partial charge is 0.469 e.